The lowest BCUT2D eigenvalue weighted by atomic mass is 10.1. The van der Waals surface area contributed by atoms with Gasteiger partial charge in [0.1, 0.15) is 17.6 Å². The molecule has 1 fully saturated rings. The quantitative estimate of drug-likeness (QED) is 0.860. The Morgan fingerprint density at radius 2 is 2.50 bits per heavy atom. The van der Waals surface area contributed by atoms with Crippen LogP contribution >= 0.6 is 0 Å². The third-order valence-corrected chi connectivity index (χ3v) is 2.98. The monoisotopic (exact) mass is 246 g/mol. The van der Waals surface area contributed by atoms with E-state index < -0.39 is 0 Å². The second kappa shape index (κ2) is 6.34. The number of anilines is 1. The molecule has 0 aromatic carbocycles. The molecule has 2 heterocycles. The average molecular weight is 246 g/mol. The molecule has 1 aliphatic heterocycles. The summed E-state index contributed by atoms with van der Waals surface area (Å²) < 4.78 is 5.56. The van der Waals surface area contributed by atoms with E-state index in [2.05, 4.69) is 22.2 Å². The molecule has 0 radical (unpaired) electrons. The molecule has 5 heteroatoms. The van der Waals surface area contributed by atoms with Gasteiger partial charge in [-0.3, -0.25) is 0 Å². The zero-order valence-electron chi connectivity index (χ0n) is 10.6. The fraction of sp³-hybridized carbons (Fsp3) is 0.538. The summed E-state index contributed by atoms with van der Waals surface area (Å²) >= 11 is 0. The van der Waals surface area contributed by atoms with Crippen LogP contribution in [0, 0.1) is 17.2 Å². The highest BCUT2D eigenvalue weighted by Gasteiger charge is 2.15. The molecule has 1 aromatic rings. The Morgan fingerprint density at radius 3 is 3.33 bits per heavy atom. The Kier molecular flexibility index (Phi) is 4.51. The largest absolute Gasteiger partial charge is 0.380 e. The summed E-state index contributed by atoms with van der Waals surface area (Å²) in [6, 6.07) is 7.45. The van der Waals surface area contributed by atoms with Crippen LogP contribution in [-0.4, -0.2) is 49.8 Å². The number of nitrogens with one attached hydrogen (secondary N) is 1. The molecule has 18 heavy (non-hydrogen) atoms. The van der Waals surface area contributed by atoms with Gasteiger partial charge >= 0.3 is 0 Å². The van der Waals surface area contributed by atoms with Crippen LogP contribution in [0.1, 0.15) is 5.69 Å². The van der Waals surface area contributed by atoms with Crippen LogP contribution in [0.25, 0.3) is 0 Å². The Morgan fingerprint density at radius 1 is 1.61 bits per heavy atom. The van der Waals surface area contributed by atoms with Crippen molar-refractivity contribution in [1.29, 1.82) is 5.26 Å². The molecule has 0 saturated carbocycles. The summed E-state index contributed by atoms with van der Waals surface area (Å²) in [4.78, 5) is 6.47. The Hall–Kier alpha value is -1.64. The Bertz CT molecular complexity index is 429. The van der Waals surface area contributed by atoms with Gasteiger partial charge < -0.3 is 15.0 Å². The minimum atomic E-state index is 0.439. The summed E-state index contributed by atoms with van der Waals surface area (Å²) in [5, 5.41) is 12.1. The number of likely N-dealkylation sites (N-methyl/N-ethyl adjacent to an activating group) is 1. The first-order valence-electron chi connectivity index (χ1n) is 6.15. The van der Waals surface area contributed by atoms with Crippen molar-refractivity contribution in [2.75, 3.05) is 45.2 Å². The van der Waals surface area contributed by atoms with E-state index in [0.717, 1.165) is 38.7 Å². The predicted octanol–water partition coefficient (Wildman–Crippen LogP) is 0.943. The van der Waals surface area contributed by atoms with Crippen LogP contribution in [0.3, 0.4) is 0 Å². The molecule has 0 unspecified atom stereocenters. The molecule has 1 aromatic heterocycles. The zero-order chi connectivity index (χ0) is 12.8. The molecule has 0 spiro atoms. The van der Waals surface area contributed by atoms with Gasteiger partial charge in [-0.15, -0.1) is 0 Å². The van der Waals surface area contributed by atoms with Gasteiger partial charge in [0.05, 0.1) is 13.2 Å². The van der Waals surface area contributed by atoms with E-state index in [1.165, 1.54) is 0 Å². The van der Waals surface area contributed by atoms with Gasteiger partial charge in [-0.05, 0) is 19.2 Å². The van der Waals surface area contributed by atoms with Crippen molar-refractivity contribution in [3.8, 4) is 6.07 Å². The van der Waals surface area contributed by atoms with Crippen LogP contribution in [0.5, 0.6) is 0 Å². The second-order valence-electron chi connectivity index (χ2n) is 4.60. The lowest BCUT2D eigenvalue weighted by Gasteiger charge is -2.19. The van der Waals surface area contributed by atoms with Crippen molar-refractivity contribution < 1.29 is 4.74 Å². The molecule has 1 atom stereocenters. The molecule has 1 N–H and O–H groups in total. The number of pyridine rings is 1. The number of nitrogens with zero attached hydrogens (tertiary/aromatic N) is 3. The summed E-state index contributed by atoms with van der Waals surface area (Å²) in [5.74, 6) is 1.20. The third-order valence-electron chi connectivity index (χ3n) is 2.98. The SMILES string of the molecule is CN1CCOC[C@@H](CNc2cccc(C#N)n2)C1. The van der Waals surface area contributed by atoms with Crippen molar-refractivity contribution in [2.45, 2.75) is 0 Å². The maximum Gasteiger partial charge on any atom is 0.142 e. The number of rotatable bonds is 3. The number of ether oxygens (including phenoxy) is 1. The topological polar surface area (TPSA) is 61.2 Å². The average Bonchev–Trinajstić information content (AvgIpc) is 2.61. The van der Waals surface area contributed by atoms with Gasteiger partial charge in [-0.1, -0.05) is 6.07 Å². The standard InChI is InChI=1S/C13H18N4O/c1-17-5-6-18-10-11(9-17)8-15-13-4-2-3-12(7-14)16-13/h2-4,11H,5-6,8-10H2,1H3,(H,15,16)/t11-/m0/s1. The first kappa shape index (κ1) is 12.8. The van der Waals surface area contributed by atoms with Gasteiger partial charge in [0.2, 0.25) is 0 Å². The maximum absolute atomic E-state index is 8.78. The fourth-order valence-corrected chi connectivity index (χ4v) is 2.02. The molecule has 2 rings (SSSR count). The molecule has 5 nitrogen and oxygen atoms in total. The highest BCUT2D eigenvalue weighted by atomic mass is 16.5. The van der Waals surface area contributed by atoms with Gasteiger partial charge in [-0.2, -0.15) is 5.26 Å². The third kappa shape index (κ3) is 3.69. The first-order valence-corrected chi connectivity index (χ1v) is 6.15. The lowest BCUT2D eigenvalue weighted by Crippen LogP contribution is -2.30. The normalized spacial score (nSPS) is 21.0. The van der Waals surface area contributed by atoms with Crippen LogP contribution in [-0.2, 0) is 4.74 Å². The first-order chi connectivity index (χ1) is 8.78. The zero-order valence-corrected chi connectivity index (χ0v) is 10.6. The Balaban J connectivity index is 1.88. The van der Waals surface area contributed by atoms with Crippen LogP contribution < -0.4 is 5.32 Å². The summed E-state index contributed by atoms with van der Waals surface area (Å²) in [6.07, 6.45) is 0. The van der Waals surface area contributed by atoms with Crippen LogP contribution in [0.15, 0.2) is 18.2 Å². The molecule has 0 bridgehead atoms. The molecule has 0 amide bonds. The van der Waals surface area contributed by atoms with E-state index in [1.54, 1.807) is 6.07 Å². The van der Waals surface area contributed by atoms with Crippen molar-refractivity contribution in [3.05, 3.63) is 23.9 Å². The minimum Gasteiger partial charge on any atom is -0.380 e. The number of hydrogen-bond acceptors (Lipinski definition) is 5. The highest BCUT2D eigenvalue weighted by molar-refractivity contribution is 5.38. The summed E-state index contributed by atoms with van der Waals surface area (Å²) in [5.41, 5.74) is 0.439. The fourth-order valence-electron chi connectivity index (χ4n) is 2.02. The van der Waals surface area contributed by atoms with Crippen molar-refractivity contribution in [2.24, 2.45) is 5.92 Å². The van der Waals surface area contributed by atoms with E-state index in [-0.39, 0.29) is 0 Å². The van der Waals surface area contributed by atoms with Crippen LogP contribution in [0.2, 0.25) is 0 Å². The minimum absolute atomic E-state index is 0.439. The van der Waals surface area contributed by atoms with E-state index in [0.29, 0.717) is 11.6 Å². The van der Waals surface area contributed by atoms with Crippen molar-refractivity contribution in [1.82, 2.24) is 9.88 Å². The van der Waals surface area contributed by atoms with E-state index in [1.807, 2.05) is 18.2 Å². The molecule has 96 valence electrons. The maximum atomic E-state index is 8.78. The van der Waals surface area contributed by atoms with Gasteiger partial charge in [0, 0.05) is 25.6 Å². The van der Waals surface area contributed by atoms with Crippen molar-refractivity contribution in [3.63, 3.8) is 0 Å². The van der Waals surface area contributed by atoms with E-state index in [4.69, 9.17) is 10.00 Å². The molecular formula is C13H18N4O. The Labute approximate surface area is 107 Å². The smallest absolute Gasteiger partial charge is 0.142 e. The molecule has 1 aliphatic rings. The molecular weight excluding hydrogens is 228 g/mol. The van der Waals surface area contributed by atoms with Crippen molar-refractivity contribution >= 4 is 5.82 Å². The molecule has 0 aliphatic carbocycles. The van der Waals surface area contributed by atoms with Gasteiger partial charge in [0.25, 0.3) is 0 Å². The predicted molar refractivity (Wildman–Crippen MR) is 69.2 cm³/mol. The number of aromatic nitrogens is 1. The van der Waals surface area contributed by atoms with E-state index in [9.17, 15) is 0 Å². The summed E-state index contributed by atoms with van der Waals surface area (Å²) in [6.45, 7) is 4.39. The lowest BCUT2D eigenvalue weighted by molar-refractivity contribution is 0.125. The number of hydrogen-bond donors (Lipinski definition) is 1. The summed E-state index contributed by atoms with van der Waals surface area (Å²) in [7, 11) is 2.11. The molecule has 1 saturated heterocycles. The van der Waals surface area contributed by atoms with Gasteiger partial charge in [0.15, 0.2) is 0 Å². The number of nitriles is 1. The van der Waals surface area contributed by atoms with Crippen LogP contribution in [0.4, 0.5) is 5.82 Å². The van der Waals surface area contributed by atoms with Gasteiger partial charge in [-0.25, -0.2) is 4.98 Å². The second-order valence-corrected chi connectivity index (χ2v) is 4.60. The highest BCUT2D eigenvalue weighted by Crippen LogP contribution is 2.09. The van der Waals surface area contributed by atoms with E-state index >= 15 is 0 Å².